The van der Waals surface area contributed by atoms with Crippen LogP contribution in [-0.4, -0.2) is 30.7 Å². The molecular formula is C22H21N3S2. The van der Waals surface area contributed by atoms with Gasteiger partial charge in [-0.1, -0.05) is 30.3 Å². The van der Waals surface area contributed by atoms with Gasteiger partial charge in [-0.2, -0.15) is 5.10 Å². The molecule has 5 rings (SSSR count). The zero-order valence-corrected chi connectivity index (χ0v) is 16.8. The highest BCUT2D eigenvalue weighted by Gasteiger charge is 2.43. The van der Waals surface area contributed by atoms with Crippen LogP contribution in [0.25, 0.3) is 6.08 Å². The SMILES string of the molecule is CN1C/C(=C\c2cccs2)C2=NN(c3ccccc3)C(c3cccs3)C2C1. The summed E-state index contributed by atoms with van der Waals surface area (Å²) in [6.45, 7) is 1.99. The maximum absolute atomic E-state index is 5.18. The lowest BCUT2D eigenvalue weighted by atomic mass is 9.86. The summed E-state index contributed by atoms with van der Waals surface area (Å²) in [4.78, 5) is 5.11. The maximum atomic E-state index is 5.18. The zero-order valence-electron chi connectivity index (χ0n) is 15.2. The molecule has 1 saturated heterocycles. The fourth-order valence-corrected chi connectivity index (χ4v) is 5.63. The van der Waals surface area contributed by atoms with Crippen molar-refractivity contribution < 1.29 is 0 Å². The Labute approximate surface area is 167 Å². The Balaban J connectivity index is 1.61. The van der Waals surface area contributed by atoms with E-state index in [1.807, 2.05) is 11.3 Å². The number of likely N-dealkylation sites (N-methyl/N-ethyl adjacent to an activating group) is 1. The van der Waals surface area contributed by atoms with E-state index in [4.69, 9.17) is 5.10 Å². The first-order valence-corrected chi connectivity index (χ1v) is 10.9. The number of piperidine rings is 1. The van der Waals surface area contributed by atoms with Crippen LogP contribution in [0, 0.1) is 5.92 Å². The van der Waals surface area contributed by atoms with Gasteiger partial charge >= 0.3 is 0 Å². The topological polar surface area (TPSA) is 18.8 Å². The van der Waals surface area contributed by atoms with E-state index in [9.17, 15) is 0 Å². The molecule has 5 heteroatoms. The fourth-order valence-electron chi connectivity index (χ4n) is 4.08. The van der Waals surface area contributed by atoms with Crippen molar-refractivity contribution in [3.05, 3.63) is 80.7 Å². The van der Waals surface area contributed by atoms with E-state index >= 15 is 0 Å². The predicted molar refractivity (Wildman–Crippen MR) is 117 cm³/mol. The molecule has 0 spiro atoms. The van der Waals surface area contributed by atoms with Crippen molar-refractivity contribution in [1.29, 1.82) is 0 Å². The molecule has 1 aromatic carbocycles. The van der Waals surface area contributed by atoms with E-state index in [-0.39, 0.29) is 6.04 Å². The van der Waals surface area contributed by atoms with Gasteiger partial charge in [0.1, 0.15) is 0 Å². The molecular weight excluding hydrogens is 370 g/mol. The number of nitrogens with zero attached hydrogens (tertiary/aromatic N) is 3. The molecule has 136 valence electrons. The van der Waals surface area contributed by atoms with Gasteiger partial charge in [-0.15, -0.1) is 22.7 Å². The van der Waals surface area contributed by atoms with Crippen LogP contribution in [-0.2, 0) is 0 Å². The number of fused-ring (bicyclic) bond motifs is 1. The highest BCUT2D eigenvalue weighted by atomic mass is 32.1. The lowest BCUT2D eigenvalue weighted by Crippen LogP contribution is -2.41. The van der Waals surface area contributed by atoms with E-state index in [1.165, 1.54) is 21.0 Å². The zero-order chi connectivity index (χ0) is 18.2. The van der Waals surface area contributed by atoms with Gasteiger partial charge in [-0.25, -0.2) is 0 Å². The number of likely N-dealkylation sites (tertiary alicyclic amines) is 1. The van der Waals surface area contributed by atoms with Crippen LogP contribution in [0.3, 0.4) is 0 Å². The van der Waals surface area contributed by atoms with E-state index in [1.54, 1.807) is 11.3 Å². The van der Waals surface area contributed by atoms with E-state index in [0.717, 1.165) is 18.8 Å². The lowest BCUT2D eigenvalue weighted by molar-refractivity contribution is 0.304. The van der Waals surface area contributed by atoms with Crippen molar-refractivity contribution in [3.8, 4) is 0 Å². The van der Waals surface area contributed by atoms with Gasteiger partial charge in [-0.05, 0) is 53.7 Å². The minimum atomic E-state index is 0.261. The summed E-state index contributed by atoms with van der Waals surface area (Å²) in [5.41, 5.74) is 3.76. The van der Waals surface area contributed by atoms with E-state index < -0.39 is 0 Å². The van der Waals surface area contributed by atoms with Crippen molar-refractivity contribution in [3.63, 3.8) is 0 Å². The summed E-state index contributed by atoms with van der Waals surface area (Å²) < 4.78 is 0. The average Bonchev–Trinajstić information content (AvgIpc) is 3.42. The van der Waals surface area contributed by atoms with Crippen molar-refractivity contribution in [1.82, 2.24) is 4.90 Å². The normalized spacial score (nSPS) is 24.3. The van der Waals surface area contributed by atoms with Gasteiger partial charge in [0.15, 0.2) is 0 Å². The van der Waals surface area contributed by atoms with Crippen LogP contribution in [0.2, 0.25) is 0 Å². The quantitative estimate of drug-likeness (QED) is 0.597. The first kappa shape index (κ1) is 16.9. The molecule has 27 heavy (non-hydrogen) atoms. The van der Waals surface area contributed by atoms with E-state index in [2.05, 4.69) is 88.4 Å². The van der Waals surface area contributed by atoms with Crippen LogP contribution in [0.4, 0.5) is 5.69 Å². The number of hydrazone groups is 1. The summed E-state index contributed by atoms with van der Waals surface area (Å²) in [5, 5.41) is 11.7. The van der Waals surface area contributed by atoms with Crippen molar-refractivity contribution >= 4 is 40.1 Å². The van der Waals surface area contributed by atoms with Crippen LogP contribution >= 0.6 is 22.7 Å². The third-order valence-corrected chi connectivity index (χ3v) is 6.97. The number of anilines is 1. The third kappa shape index (κ3) is 3.16. The Bertz CT molecular complexity index is 958. The standard InChI is InChI=1S/C22H21N3S2/c1-24-14-16(13-18-9-5-11-26-18)21-19(15-24)22(20-10-6-12-27-20)25(23-21)17-7-3-2-4-8-17/h2-13,19,22H,14-15H2,1H3/b16-13+. The summed E-state index contributed by atoms with van der Waals surface area (Å²) in [6, 6.07) is 19.5. The Hall–Kier alpha value is -2.21. The van der Waals surface area contributed by atoms with E-state index in [0.29, 0.717) is 5.92 Å². The molecule has 0 saturated carbocycles. The number of para-hydroxylation sites is 1. The molecule has 1 fully saturated rings. The summed E-state index contributed by atoms with van der Waals surface area (Å²) in [6.07, 6.45) is 2.33. The van der Waals surface area contributed by atoms with Crippen molar-refractivity contribution in [2.75, 3.05) is 25.1 Å². The van der Waals surface area contributed by atoms with Gasteiger partial charge in [0.05, 0.1) is 17.4 Å². The van der Waals surface area contributed by atoms with Gasteiger partial charge in [-0.3, -0.25) is 5.01 Å². The smallest absolute Gasteiger partial charge is 0.0964 e. The molecule has 0 radical (unpaired) electrons. The Morgan fingerprint density at radius 3 is 2.56 bits per heavy atom. The highest BCUT2D eigenvalue weighted by molar-refractivity contribution is 7.11. The first-order chi connectivity index (χ1) is 13.3. The largest absolute Gasteiger partial charge is 0.301 e. The van der Waals surface area contributed by atoms with Crippen LogP contribution in [0.1, 0.15) is 15.8 Å². The molecule has 0 N–H and O–H groups in total. The summed E-state index contributed by atoms with van der Waals surface area (Å²) in [5.74, 6) is 0.383. The molecule has 2 aliphatic rings. The predicted octanol–water partition coefficient (Wildman–Crippen LogP) is 5.37. The van der Waals surface area contributed by atoms with Crippen molar-refractivity contribution in [2.24, 2.45) is 11.0 Å². The Morgan fingerprint density at radius 2 is 1.81 bits per heavy atom. The maximum Gasteiger partial charge on any atom is 0.0964 e. The molecule has 4 heterocycles. The minimum absolute atomic E-state index is 0.261. The molecule has 3 nitrogen and oxygen atoms in total. The molecule has 2 atom stereocenters. The van der Waals surface area contributed by atoms with Gasteiger partial charge in [0.25, 0.3) is 0 Å². The van der Waals surface area contributed by atoms with Crippen LogP contribution < -0.4 is 5.01 Å². The molecule has 0 aliphatic carbocycles. The van der Waals surface area contributed by atoms with Crippen molar-refractivity contribution in [2.45, 2.75) is 6.04 Å². The molecule has 2 unspecified atom stereocenters. The van der Waals surface area contributed by atoms with Crippen LogP contribution in [0.5, 0.6) is 0 Å². The molecule has 2 aromatic heterocycles. The Kier molecular flexibility index (Phi) is 4.44. The number of rotatable bonds is 3. The molecule has 3 aromatic rings. The monoisotopic (exact) mass is 391 g/mol. The average molecular weight is 392 g/mol. The molecule has 0 amide bonds. The van der Waals surface area contributed by atoms with Crippen LogP contribution in [0.15, 0.2) is 76.0 Å². The van der Waals surface area contributed by atoms with Gasteiger partial charge < -0.3 is 4.90 Å². The second-order valence-corrected chi connectivity index (χ2v) is 9.07. The number of hydrogen-bond acceptors (Lipinski definition) is 5. The van der Waals surface area contributed by atoms with Gasteiger partial charge in [0, 0.05) is 28.8 Å². The number of hydrogen-bond donors (Lipinski definition) is 0. The third-order valence-electron chi connectivity index (χ3n) is 5.20. The number of thiophene rings is 2. The lowest BCUT2D eigenvalue weighted by Gasteiger charge is -2.34. The first-order valence-electron chi connectivity index (χ1n) is 9.19. The summed E-state index contributed by atoms with van der Waals surface area (Å²) >= 11 is 3.62. The Morgan fingerprint density at radius 1 is 1.00 bits per heavy atom. The second-order valence-electron chi connectivity index (χ2n) is 7.11. The minimum Gasteiger partial charge on any atom is -0.301 e. The van der Waals surface area contributed by atoms with Gasteiger partial charge in [0.2, 0.25) is 0 Å². The summed E-state index contributed by atoms with van der Waals surface area (Å²) in [7, 11) is 2.22. The molecule has 0 bridgehead atoms. The number of benzene rings is 1. The fraction of sp³-hybridized carbons (Fsp3) is 0.227. The second kappa shape index (κ2) is 7.08. The molecule has 2 aliphatic heterocycles. The highest BCUT2D eigenvalue weighted by Crippen LogP contribution is 2.44.